The average molecular weight is 360 g/mol. The number of hydrogen-bond donors (Lipinski definition) is 1. The molecule has 2 aliphatic heterocycles. The number of carbonyl (C=O) groups is 1. The molecule has 2 amide bonds. The first kappa shape index (κ1) is 16.0. The normalized spacial score (nSPS) is 16.2. The molecule has 132 valence electrons. The van der Waals surface area contributed by atoms with Gasteiger partial charge in [-0.1, -0.05) is 6.07 Å². The fraction of sp³-hybridized carbons (Fsp3) is 0.412. The number of rotatable bonds is 4. The van der Waals surface area contributed by atoms with Crippen molar-refractivity contribution in [2.75, 3.05) is 44.4 Å². The van der Waals surface area contributed by atoms with E-state index in [0.29, 0.717) is 6.54 Å². The minimum Gasteiger partial charge on any atom is -0.454 e. The van der Waals surface area contributed by atoms with E-state index in [-0.39, 0.29) is 12.8 Å². The maximum atomic E-state index is 12.3. The molecule has 1 fully saturated rings. The molecule has 0 bridgehead atoms. The number of amides is 2. The number of ether oxygens (including phenoxy) is 2. The van der Waals surface area contributed by atoms with Gasteiger partial charge in [0.2, 0.25) is 6.79 Å². The third kappa shape index (κ3) is 3.63. The molecule has 0 spiro atoms. The first-order valence-corrected chi connectivity index (χ1v) is 9.23. The number of piperazine rings is 1. The number of carbonyl (C=O) groups excluding carboxylic acids is 1. The van der Waals surface area contributed by atoms with E-state index in [0.717, 1.165) is 54.8 Å². The Bertz CT molecular complexity index is 729. The lowest BCUT2D eigenvalue weighted by Crippen LogP contribution is -2.52. The third-order valence-corrected chi connectivity index (χ3v) is 5.22. The van der Waals surface area contributed by atoms with Crippen molar-refractivity contribution in [1.29, 1.82) is 0 Å². The minimum absolute atomic E-state index is 0.000433. The van der Waals surface area contributed by atoms with Gasteiger partial charge in [0.25, 0.3) is 0 Å². The predicted octanol–water partition coefficient (Wildman–Crippen LogP) is 1.95. The number of hydrogen-bond acceptors (Lipinski definition) is 6. The van der Waals surface area contributed by atoms with E-state index in [9.17, 15) is 4.79 Å². The van der Waals surface area contributed by atoms with Crippen LogP contribution in [-0.2, 0) is 6.42 Å². The molecule has 0 atom stereocenters. The lowest BCUT2D eigenvalue weighted by molar-refractivity contribution is 0.174. The standard InChI is InChI=1S/C17H20N4O3S/c22-16(20-6-8-21(9-7-20)17-19-5-10-25-17)18-4-3-13-1-2-14-15(11-13)24-12-23-14/h1-2,5,10-11H,3-4,6-9,12H2,(H,18,22). The molecule has 1 N–H and O–H groups in total. The first-order valence-electron chi connectivity index (χ1n) is 8.35. The van der Waals surface area contributed by atoms with Gasteiger partial charge in [-0.3, -0.25) is 0 Å². The Kier molecular flexibility index (Phi) is 4.60. The summed E-state index contributed by atoms with van der Waals surface area (Å²) in [5.74, 6) is 1.56. The topological polar surface area (TPSA) is 66.9 Å². The molecule has 0 aliphatic carbocycles. The molecule has 1 aromatic carbocycles. The average Bonchev–Trinajstić information content (AvgIpc) is 3.33. The molecule has 1 aromatic heterocycles. The van der Waals surface area contributed by atoms with Gasteiger partial charge in [0.1, 0.15) is 0 Å². The molecule has 1 saturated heterocycles. The zero-order chi connectivity index (χ0) is 17.1. The van der Waals surface area contributed by atoms with Crippen LogP contribution in [0, 0.1) is 0 Å². The molecule has 0 saturated carbocycles. The van der Waals surface area contributed by atoms with Crippen molar-refractivity contribution in [2.45, 2.75) is 6.42 Å². The second-order valence-corrected chi connectivity index (χ2v) is 6.83. The number of nitrogens with one attached hydrogen (secondary N) is 1. The molecule has 3 heterocycles. The number of benzene rings is 1. The number of aromatic nitrogens is 1. The number of thiazole rings is 1. The van der Waals surface area contributed by atoms with Crippen LogP contribution in [0.25, 0.3) is 0 Å². The molecule has 25 heavy (non-hydrogen) atoms. The summed E-state index contributed by atoms with van der Waals surface area (Å²) in [5.41, 5.74) is 1.12. The Morgan fingerprint density at radius 2 is 2.04 bits per heavy atom. The Morgan fingerprint density at radius 3 is 2.84 bits per heavy atom. The van der Waals surface area contributed by atoms with Crippen molar-refractivity contribution in [3.05, 3.63) is 35.3 Å². The molecule has 4 rings (SSSR count). The van der Waals surface area contributed by atoms with Crippen LogP contribution in [0.2, 0.25) is 0 Å². The van der Waals surface area contributed by atoms with Gasteiger partial charge in [0, 0.05) is 44.3 Å². The van der Waals surface area contributed by atoms with Crippen molar-refractivity contribution < 1.29 is 14.3 Å². The fourth-order valence-corrected chi connectivity index (χ4v) is 3.69. The summed E-state index contributed by atoms with van der Waals surface area (Å²) in [6.07, 6.45) is 2.58. The van der Waals surface area contributed by atoms with Gasteiger partial charge in [0.15, 0.2) is 16.6 Å². The monoisotopic (exact) mass is 360 g/mol. The summed E-state index contributed by atoms with van der Waals surface area (Å²) < 4.78 is 10.7. The van der Waals surface area contributed by atoms with E-state index in [1.54, 1.807) is 11.3 Å². The van der Waals surface area contributed by atoms with Crippen LogP contribution in [0.1, 0.15) is 5.56 Å². The van der Waals surface area contributed by atoms with Crippen LogP contribution in [-0.4, -0.2) is 55.4 Å². The summed E-state index contributed by atoms with van der Waals surface area (Å²) in [4.78, 5) is 20.7. The Labute approximate surface area is 150 Å². The Hall–Kier alpha value is -2.48. The van der Waals surface area contributed by atoms with Crippen LogP contribution < -0.4 is 19.7 Å². The number of urea groups is 1. The van der Waals surface area contributed by atoms with Gasteiger partial charge in [-0.05, 0) is 24.1 Å². The molecule has 0 radical (unpaired) electrons. The van der Waals surface area contributed by atoms with Crippen molar-refractivity contribution in [3.8, 4) is 11.5 Å². The van der Waals surface area contributed by atoms with E-state index in [1.165, 1.54) is 0 Å². The highest BCUT2D eigenvalue weighted by Gasteiger charge is 2.22. The van der Waals surface area contributed by atoms with Crippen molar-refractivity contribution in [2.24, 2.45) is 0 Å². The molecule has 2 aromatic rings. The van der Waals surface area contributed by atoms with Gasteiger partial charge in [0.05, 0.1) is 0 Å². The molecule has 0 unspecified atom stereocenters. The maximum absolute atomic E-state index is 12.3. The number of fused-ring (bicyclic) bond motifs is 1. The molecular weight excluding hydrogens is 340 g/mol. The Balaban J connectivity index is 1.22. The van der Waals surface area contributed by atoms with E-state index in [1.807, 2.05) is 34.7 Å². The van der Waals surface area contributed by atoms with E-state index < -0.39 is 0 Å². The van der Waals surface area contributed by atoms with Crippen molar-refractivity contribution >= 4 is 22.5 Å². The van der Waals surface area contributed by atoms with E-state index in [2.05, 4.69) is 15.2 Å². The summed E-state index contributed by atoms with van der Waals surface area (Å²) in [6.45, 7) is 3.96. The first-order chi connectivity index (χ1) is 12.3. The largest absolute Gasteiger partial charge is 0.454 e. The lowest BCUT2D eigenvalue weighted by Gasteiger charge is -2.34. The van der Waals surface area contributed by atoms with Crippen LogP contribution in [0.3, 0.4) is 0 Å². The van der Waals surface area contributed by atoms with Crippen LogP contribution in [0.15, 0.2) is 29.8 Å². The molecule has 7 nitrogen and oxygen atoms in total. The molecule has 8 heteroatoms. The zero-order valence-electron chi connectivity index (χ0n) is 13.8. The van der Waals surface area contributed by atoms with Gasteiger partial charge in [-0.25, -0.2) is 9.78 Å². The summed E-state index contributed by atoms with van der Waals surface area (Å²) in [7, 11) is 0. The predicted molar refractivity (Wildman–Crippen MR) is 95.6 cm³/mol. The van der Waals surface area contributed by atoms with Crippen LogP contribution >= 0.6 is 11.3 Å². The quantitative estimate of drug-likeness (QED) is 0.903. The second kappa shape index (κ2) is 7.18. The Morgan fingerprint density at radius 1 is 1.20 bits per heavy atom. The van der Waals surface area contributed by atoms with Crippen LogP contribution in [0.5, 0.6) is 11.5 Å². The third-order valence-electron chi connectivity index (χ3n) is 4.38. The highest BCUT2D eigenvalue weighted by atomic mass is 32.1. The lowest BCUT2D eigenvalue weighted by atomic mass is 10.1. The van der Waals surface area contributed by atoms with Crippen molar-refractivity contribution in [3.63, 3.8) is 0 Å². The van der Waals surface area contributed by atoms with Gasteiger partial charge in [-0.2, -0.15) is 0 Å². The highest BCUT2D eigenvalue weighted by Crippen LogP contribution is 2.32. The molecule has 2 aliphatic rings. The van der Waals surface area contributed by atoms with Crippen LogP contribution in [0.4, 0.5) is 9.93 Å². The number of anilines is 1. The van der Waals surface area contributed by atoms with E-state index >= 15 is 0 Å². The number of nitrogens with zero attached hydrogens (tertiary/aromatic N) is 3. The summed E-state index contributed by atoms with van der Waals surface area (Å²) in [5, 5.41) is 6.01. The van der Waals surface area contributed by atoms with Gasteiger partial charge >= 0.3 is 6.03 Å². The van der Waals surface area contributed by atoms with Gasteiger partial charge < -0.3 is 24.6 Å². The van der Waals surface area contributed by atoms with Gasteiger partial charge in [-0.15, -0.1) is 11.3 Å². The minimum atomic E-state index is -0.000433. The summed E-state index contributed by atoms with van der Waals surface area (Å²) in [6, 6.07) is 5.89. The zero-order valence-corrected chi connectivity index (χ0v) is 14.6. The fourth-order valence-electron chi connectivity index (χ4n) is 2.99. The summed E-state index contributed by atoms with van der Waals surface area (Å²) >= 11 is 1.64. The van der Waals surface area contributed by atoms with Crippen molar-refractivity contribution in [1.82, 2.24) is 15.2 Å². The second-order valence-electron chi connectivity index (χ2n) is 5.96. The highest BCUT2D eigenvalue weighted by molar-refractivity contribution is 7.13. The maximum Gasteiger partial charge on any atom is 0.317 e. The SMILES string of the molecule is O=C(NCCc1ccc2c(c1)OCO2)N1CCN(c2nccs2)CC1. The molecular formula is C17H20N4O3S. The van der Waals surface area contributed by atoms with E-state index in [4.69, 9.17) is 9.47 Å². The smallest absolute Gasteiger partial charge is 0.317 e.